The fourth-order valence-corrected chi connectivity index (χ4v) is 29.5. The summed E-state index contributed by atoms with van der Waals surface area (Å²) in [5.74, 6) is 1.52. The molecule has 3 aromatic rings. The van der Waals surface area contributed by atoms with Crippen LogP contribution in [0, 0.1) is 39.5 Å². The molecular weight excluding hydrogens is 743 g/mol. The van der Waals surface area contributed by atoms with E-state index < -0.39 is 13.3 Å². The van der Waals surface area contributed by atoms with Gasteiger partial charge in [-0.2, -0.15) is 0 Å². The second-order valence-corrected chi connectivity index (χ2v) is 28.2. The minimum absolute atomic E-state index is 0.0458. The van der Waals surface area contributed by atoms with Gasteiger partial charge in [-0.3, -0.25) is 0 Å². The second kappa shape index (κ2) is 18.4. The first-order valence-corrected chi connectivity index (χ1v) is 28.4. The Morgan fingerprint density at radius 1 is 0.529 bits per heavy atom. The molecule has 0 N–H and O–H groups in total. The first kappa shape index (κ1) is 41.0. The van der Waals surface area contributed by atoms with Crippen molar-refractivity contribution in [2.24, 2.45) is 11.8 Å². The van der Waals surface area contributed by atoms with Crippen LogP contribution in [0.15, 0.2) is 0 Å². The molecule has 0 saturated carbocycles. The van der Waals surface area contributed by atoms with Crippen molar-refractivity contribution >= 4 is 67.9 Å². The summed E-state index contributed by atoms with van der Waals surface area (Å²) in [6.45, 7) is 21.6. The topological polar surface area (TPSA) is 37.4 Å². The number of thiophene rings is 3. The van der Waals surface area contributed by atoms with Crippen LogP contribution in [-0.2, 0) is 0 Å². The third-order valence-electron chi connectivity index (χ3n) is 12.7. The summed E-state index contributed by atoms with van der Waals surface area (Å²) in [6, 6.07) is 0. The van der Waals surface area contributed by atoms with Crippen LogP contribution < -0.4 is 8.79 Å². The summed E-state index contributed by atoms with van der Waals surface area (Å²) in [5, 5.41) is 2.79. The van der Waals surface area contributed by atoms with E-state index in [0.29, 0.717) is 17.7 Å². The summed E-state index contributed by atoms with van der Waals surface area (Å²) in [5.41, 5.74) is 4.46. The molecule has 0 saturated heterocycles. The Morgan fingerprint density at radius 3 is 1.63 bits per heavy atom. The zero-order chi connectivity index (χ0) is 36.9. The van der Waals surface area contributed by atoms with Crippen LogP contribution >= 0.6 is 34.0 Å². The summed E-state index contributed by atoms with van der Waals surface area (Å²) in [4.78, 5) is 37.6. The number of carbonyl (C=O) groups excluding carboxylic acids is 2. The normalized spacial score (nSPS) is 17.8. The Labute approximate surface area is 325 Å². The van der Waals surface area contributed by atoms with E-state index in [9.17, 15) is 9.59 Å². The van der Waals surface area contributed by atoms with Gasteiger partial charge in [0.25, 0.3) is 0 Å². The summed E-state index contributed by atoms with van der Waals surface area (Å²) >= 11 is 2.87. The van der Waals surface area contributed by atoms with E-state index in [4.69, 9.17) is 0 Å². The Balaban J connectivity index is 1.57. The first-order valence-electron chi connectivity index (χ1n) is 20.8. The Bertz CT molecular complexity index is 1640. The molecule has 2 aliphatic rings. The molecule has 2 amide bonds. The number of carbonyl (C=O) groups is 2. The number of unbranched alkanes of at least 4 members (excludes halogenated alkanes) is 7. The first-order chi connectivity index (χ1) is 24.6. The van der Waals surface area contributed by atoms with Crippen molar-refractivity contribution in [1.29, 1.82) is 0 Å². The number of rotatable bonds is 22. The predicted octanol–water partition coefficient (Wildman–Crippen LogP) is 13.5. The number of aryl methyl sites for hydroxylation is 2. The van der Waals surface area contributed by atoms with Crippen molar-refractivity contribution in [2.45, 2.75) is 176 Å². The maximum atomic E-state index is 14.2. The minimum atomic E-state index is -2.87. The molecule has 0 aliphatic carbocycles. The molecule has 0 fully saturated rings. The van der Waals surface area contributed by atoms with Crippen molar-refractivity contribution in [1.82, 2.24) is 4.90 Å². The Kier molecular flexibility index (Phi) is 14.8. The standard InChI is InChI=1S/C44H67GeNO2S3/c1-10-15-18-19-20-21-28-46-43(47)35-32(9)50-40(36(35)44(46)48)39-30(7)38-42(51-39)41-37(29(6)31(8)49-41)45(38,26-24-33(13-4)22-16-11-2)27-25-34(14-5)23-17-12-3/h33-34H,10-28H2,1-9H3. The van der Waals surface area contributed by atoms with E-state index >= 15 is 0 Å². The molecule has 51 heavy (non-hydrogen) atoms. The van der Waals surface area contributed by atoms with Crippen LogP contribution in [0.1, 0.15) is 179 Å². The molecule has 3 aromatic heterocycles. The molecule has 2 unspecified atom stereocenters. The van der Waals surface area contributed by atoms with Crippen molar-refractivity contribution in [3.05, 3.63) is 32.0 Å². The van der Waals surface area contributed by atoms with Crippen LogP contribution in [0.3, 0.4) is 0 Å². The quantitative estimate of drug-likeness (QED) is 0.0576. The number of hydrogen-bond acceptors (Lipinski definition) is 5. The number of hydrogen-bond donors (Lipinski definition) is 0. The van der Waals surface area contributed by atoms with E-state index in [1.165, 1.54) is 116 Å². The number of amides is 2. The van der Waals surface area contributed by atoms with Crippen LogP contribution in [0.4, 0.5) is 0 Å². The third-order valence-corrected chi connectivity index (χ3v) is 28.8. The van der Waals surface area contributed by atoms with E-state index in [2.05, 4.69) is 73.7 Å². The van der Waals surface area contributed by atoms with Crippen molar-refractivity contribution in [2.75, 3.05) is 6.54 Å². The van der Waals surface area contributed by atoms with Gasteiger partial charge in [-0.05, 0) is 0 Å². The van der Waals surface area contributed by atoms with Gasteiger partial charge in [-0.25, -0.2) is 0 Å². The average molecular weight is 811 g/mol. The van der Waals surface area contributed by atoms with E-state index in [-0.39, 0.29) is 11.8 Å². The molecule has 0 aromatic carbocycles. The molecule has 2 aliphatic heterocycles. The van der Waals surface area contributed by atoms with Gasteiger partial charge in [0.05, 0.1) is 0 Å². The van der Waals surface area contributed by atoms with E-state index in [1.807, 2.05) is 15.7 Å². The van der Waals surface area contributed by atoms with Gasteiger partial charge in [0.1, 0.15) is 0 Å². The molecule has 0 bridgehead atoms. The number of fused-ring (bicyclic) bond motifs is 4. The number of nitrogens with zero attached hydrogens (tertiary/aromatic N) is 1. The van der Waals surface area contributed by atoms with Crippen molar-refractivity contribution < 1.29 is 9.59 Å². The van der Waals surface area contributed by atoms with Gasteiger partial charge in [0.15, 0.2) is 0 Å². The molecule has 5 rings (SSSR count). The predicted molar refractivity (Wildman–Crippen MR) is 229 cm³/mol. The number of imide groups is 1. The van der Waals surface area contributed by atoms with Gasteiger partial charge in [-0.1, -0.05) is 19.8 Å². The zero-order valence-corrected chi connectivity index (χ0v) is 38.1. The monoisotopic (exact) mass is 811 g/mol. The Hall–Kier alpha value is -1.22. The van der Waals surface area contributed by atoms with Crippen LogP contribution in [0.25, 0.3) is 19.5 Å². The van der Waals surface area contributed by atoms with E-state index in [1.54, 1.807) is 36.0 Å². The SMILES string of the molecule is CCCCCCCCN1C(=O)c2c(C)sc(-c3sc4[c](c3C)[Ge]([CH2]CC(CC)CCCC)([CH2]CC(CC)CCCC)[c]3c-4sc(C)c3C)c2C1=O. The van der Waals surface area contributed by atoms with Gasteiger partial charge in [-0.15, -0.1) is 0 Å². The molecule has 0 radical (unpaired) electrons. The molecule has 282 valence electrons. The average Bonchev–Trinajstić information content (AvgIpc) is 3.87. The molecule has 0 spiro atoms. The molecule has 3 nitrogen and oxygen atoms in total. The molecule has 2 atom stereocenters. The second-order valence-electron chi connectivity index (χ2n) is 16.0. The molecular formula is C44H67GeNO2S3. The van der Waals surface area contributed by atoms with Crippen LogP contribution in [-0.4, -0.2) is 36.5 Å². The van der Waals surface area contributed by atoms with Gasteiger partial charge >= 0.3 is 308 Å². The fraction of sp³-hybridized carbons (Fsp3) is 0.682. The summed E-state index contributed by atoms with van der Waals surface area (Å²) in [7, 11) is 0. The van der Waals surface area contributed by atoms with Gasteiger partial charge < -0.3 is 0 Å². The van der Waals surface area contributed by atoms with Gasteiger partial charge in [0.2, 0.25) is 0 Å². The summed E-state index contributed by atoms with van der Waals surface area (Å²) < 4.78 is 3.59. The van der Waals surface area contributed by atoms with Crippen LogP contribution in [0.2, 0.25) is 10.5 Å². The summed E-state index contributed by atoms with van der Waals surface area (Å²) in [6.07, 6.45) is 20.1. The van der Waals surface area contributed by atoms with Crippen LogP contribution in [0.5, 0.6) is 0 Å². The Morgan fingerprint density at radius 2 is 1.04 bits per heavy atom. The van der Waals surface area contributed by atoms with Crippen molar-refractivity contribution in [3.8, 4) is 19.5 Å². The third kappa shape index (κ3) is 8.10. The van der Waals surface area contributed by atoms with E-state index in [0.717, 1.165) is 34.4 Å². The fourth-order valence-electron chi connectivity index (χ4n) is 9.35. The van der Waals surface area contributed by atoms with Gasteiger partial charge in [0, 0.05) is 0 Å². The molecule has 7 heteroatoms. The molecule has 5 heterocycles. The van der Waals surface area contributed by atoms with Crippen molar-refractivity contribution in [3.63, 3.8) is 0 Å². The maximum absolute atomic E-state index is 14.2. The zero-order valence-electron chi connectivity index (χ0n) is 33.6.